The molecule has 118 valence electrons. The van der Waals surface area contributed by atoms with E-state index in [9.17, 15) is 0 Å². The molecule has 3 aromatic rings. The van der Waals surface area contributed by atoms with Crippen LogP contribution in [0.2, 0.25) is 0 Å². The van der Waals surface area contributed by atoms with Crippen molar-refractivity contribution in [3.8, 4) is 22.4 Å². The lowest BCUT2D eigenvalue weighted by Crippen LogP contribution is -1.89. The minimum absolute atomic E-state index is 0.833. The fraction of sp³-hybridized carbons (Fsp3) is 0.227. The van der Waals surface area contributed by atoms with E-state index in [-0.39, 0.29) is 0 Å². The molecule has 0 saturated heterocycles. The molecule has 0 aliphatic carbocycles. The van der Waals surface area contributed by atoms with E-state index in [1.54, 1.807) is 0 Å². The number of aromatic nitrogens is 1. The van der Waals surface area contributed by atoms with Crippen LogP contribution < -0.4 is 0 Å². The highest BCUT2D eigenvalue weighted by atomic mass is 14.7. The zero-order chi connectivity index (χ0) is 16.7. The summed E-state index contributed by atoms with van der Waals surface area (Å²) < 4.78 is 0. The highest BCUT2D eigenvalue weighted by Crippen LogP contribution is 2.26. The summed E-state index contributed by atoms with van der Waals surface area (Å²) >= 11 is 0. The summed E-state index contributed by atoms with van der Waals surface area (Å²) in [5, 5.41) is 0. The Hall–Kier alpha value is -2.41. The normalized spacial score (nSPS) is 10.1. The first-order valence-electron chi connectivity index (χ1n) is 8.15. The van der Waals surface area contributed by atoms with E-state index in [0.29, 0.717) is 0 Å². The topological polar surface area (TPSA) is 12.9 Å². The van der Waals surface area contributed by atoms with Gasteiger partial charge in [0.2, 0.25) is 0 Å². The molecule has 0 unspecified atom stereocenters. The van der Waals surface area contributed by atoms with Crippen LogP contribution in [0.4, 0.5) is 0 Å². The van der Waals surface area contributed by atoms with Gasteiger partial charge in [-0.1, -0.05) is 81.4 Å². The Kier molecular flexibility index (Phi) is 6.10. The van der Waals surface area contributed by atoms with Gasteiger partial charge >= 0.3 is 0 Å². The fourth-order valence-electron chi connectivity index (χ4n) is 2.24. The van der Waals surface area contributed by atoms with Crippen LogP contribution in [0.5, 0.6) is 0 Å². The van der Waals surface area contributed by atoms with Crippen molar-refractivity contribution in [1.82, 2.24) is 4.98 Å². The highest BCUT2D eigenvalue weighted by Gasteiger charge is 2.05. The summed E-state index contributed by atoms with van der Waals surface area (Å²) in [4.78, 5) is 4.59. The van der Waals surface area contributed by atoms with Crippen molar-refractivity contribution in [2.45, 2.75) is 27.7 Å². The first kappa shape index (κ1) is 17.0. The monoisotopic (exact) mass is 303 g/mol. The second-order valence-corrected chi connectivity index (χ2v) is 6.35. The zero-order valence-corrected chi connectivity index (χ0v) is 14.5. The minimum atomic E-state index is 0.833. The average Bonchev–Trinajstić information content (AvgIpc) is 2.56. The summed E-state index contributed by atoms with van der Waals surface area (Å²) in [7, 11) is 0. The maximum absolute atomic E-state index is 4.59. The number of hydrogen-bond acceptors (Lipinski definition) is 1. The maximum atomic E-state index is 4.59. The van der Waals surface area contributed by atoms with E-state index < -0.39 is 0 Å². The largest absolute Gasteiger partial charge is 0.256 e. The minimum Gasteiger partial charge on any atom is -0.256 e. The van der Waals surface area contributed by atoms with E-state index in [0.717, 1.165) is 17.2 Å². The summed E-state index contributed by atoms with van der Waals surface area (Å²) in [5.74, 6) is 0.833. The quantitative estimate of drug-likeness (QED) is 0.535. The number of benzene rings is 2. The van der Waals surface area contributed by atoms with E-state index in [2.05, 4.69) is 75.1 Å². The Morgan fingerprint density at radius 2 is 1.22 bits per heavy atom. The molecule has 0 amide bonds. The van der Waals surface area contributed by atoms with Crippen LogP contribution in [0.25, 0.3) is 22.4 Å². The van der Waals surface area contributed by atoms with Crippen LogP contribution in [-0.2, 0) is 0 Å². The van der Waals surface area contributed by atoms with Gasteiger partial charge in [-0.15, -0.1) is 0 Å². The van der Waals surface area contributed by atoms with Gasteiger partial charge in [0, 0.05) is 17.3 Å². The van der Waals surface area contributed by atoms with Crippen LogP contribution in [-0.4, -0.2) is 4.98 Å². The van der Waals surface area contributed by atoms with Gasteiger partial charge in [-0.2, -0.15) is 0 Å². The lowest BCUT2D eigenvalue weighted by atomic mass is 10.0. The lowest BCUT2D eigenvalue weighted by molar-refractivity contribution is 0.737. The van der Waals surface area contributed by atoms with Crippen molar-refractivity contribution in [1.29, 1.82) is 0 Å². The average molecular weight is 303 g/mol. The predicted octanol–water partition coefficient (Wildman–Crippen LogP) is 6.39. The molecule has 1 nitrogen and oxygen atoms in total. The standard InChI is InChI=1S/C18H15N.C4H10/c1-14-12-18(16-10-6-3-7-11-16)19-13-17(14)15-8-4-2-5-9-15;1-4(2)3/h2-13H,1H3;4H,1-3H3. The number of aryl methyl sites for hydroxylation is 1. The Labute approximate surface area is 140 Å². The Morgan fingerprint density at radius 3 is 1.70 bits per heavy atom. The SMILES string of the molecule is CC(C)C.Cc1cc(-c2ccccc2)ncc1-c1ccccc1. The summed E-state index contributed by atoms with van der Waals surface area (Å²) in [5.41, 5.74) is 5.84. The molecule has 3 rings (SSSR count). The summed E-state index contributed by atoms with van der Waals surface area (Å²) in [6.45, 7) is 8.64. The molecule has 0 aliphatic rings. The van der Waals surface area contributed by atoms with Gasteiger partial charge in [0.25, 0.3) is 0 Å². The molecule has 1 aromatic heterocycles. The van der Waals surface area contributed by atoms with Gasteiger partial charge < -0.3 is 0 Å². The molecule has 0 bridgehead atoms. The molecular formula is C22H25N. The molecule has 1 heterocycles. The summed E-state index contributed by atoms with van der Waals surface area (Å²) in [6.07, 6.45) is 1.97. The smallest absolute Gasteiger partial charge is 0.0705 e. The Balaban J connectivity index is 0.000000433. The van der Waals surface area contributed by atoms with Gasteiger partial charge in [0.1, 0.15) is 0 Å². The van der Waals surface area contributed by atoms with Gasteiger partial charge in [0.05, 0.1) is 5.69 Å². The van der Waals surface area contributed by atoms with Crippen molar-refractivity contribution in [2.75, 3.05) is 0 Å². The zero-order valence-electron chi connectivity index (χ0n) is 14.5. The third kappa shape index (κ3) is 5.07. The molecule has 0 fully saturated rings. The van der Waals surface area contributed by atoms with Gasteiger partial charge in [-0.05, 0) is 30.0 Å². The van der Waals surface area contributed by atoms with Crippen molar-refractivity contribution in [3.63, 3.8) is 0 Å². The molecular weight excluding hydrogens is 278 g/mol. The van der Waals surface area contributed by atoms with Crippen LogP contribution in [0.1, 0.15) is 26.3 Å². The van der Waals surface area contributed by atoms with Crippen LogP contribution in [0.3, 0.4) is 0 Å². The second-order valence-electron chi connectivity index (χ2n) is 6.35. The molecule has 0 N–H and O–H groups in total. The molecule has 0 aliphatic heterocycles. The molecule has 0 atom stereocenters. The molecule has 2 aromatic carbocycles. The van der Waals surface area contributed by atoms with Crippen molar-refractivity contribution in [2.24, 2.45) is 5.92 Å². The number of pyridine rings is 1. The Morgan fingerprint density at radius 1 is 0.739 bits per heavy atom. The first-order chi connectivity index (χ1) is 11.1. The lowest BCUT2D eigenvalue weighted by Gasteiger charge is -2.08. The van der Waals surface area contributed by atoms with E-state index in [1.165, 1.54) is 16.7 Å². The molecule has 23 heavy (non-hydrogen) atoms. The van der Waals surface area contributed by atoms with E-state index >= 15 is 0 Å². The van der Waals surface area contributed by atoms with Crippen LogP contribution in [0, 0.1) is 12.8 Å². The first-order valence-corrected chi connectivity index (χ1v) is 8.15. The highest BCUT2D eigenvalue weighted by molar-refractivity contribution is 5.70. The molecule has 0 spiro atoms. The van der Waals surface area contributed by atoms with Crippen molar-refractivity contribution < 1.29 is 0 Å². The Bertz CT molecular complexity index is 713. The third-order valence-corrected chi connectivity index (χ3v) is 3.27. The second kappa shape index (κ2) is 8.28. The molecule has 1 heteroatoms. The van der Waals surface area contributed by atoms with Crippen LogP contribution in [0.15, 0.2) is 72.9 Å². The van der Waals surface area contributed by atoms with Crippen molar-refractivity contribution >= 4 is 0 Å². The molecule has 0 radical (unpaired) electrons. The number of rotatable bonds is 2. The van der Waals surface area contributed by atoms with Gasteiger partial charge in [-0.25, -0.2) is 0 Å². The number of hydrogen-bond donors (Lipinski definition) is 0. The van der Waals surface area contributed by atoms with E-state index in [4.69, 9.17) is 0 Å². The fourth-order valence-corrected chi connectivity index (χ4v) is 2.24. The predicted molar refractivity (Wildman–Crippen MR) is 100 cm³/mol. The van der Waals surface area contributed by atoms with E-state index in [1.807, 2.05) is 30.5 Å². The van der Waals surface area contributed by atoms with Gasteiger partial charge in [-0.3, -0.25) is 4.98 Å². The third-order valence-electron chi connectivity index (χ3n) is 3.27. The van der Waals surface area contributed by atoms with Crippen LogP contribution >= 0.6 is 0 Å². The van der Waals surface area contributed by atoms with Gasteiger partial charge in [0.15, 0.2) is 0 Å². The van der Waals surface area contributed by atoms with Crippen molar-refractivity contribution in [3.05, 3.63) is 78.5 Å². The maximum Gasteiger partial charge on any atom is 0.0705 e. The molecule has 0 saturated carbocycles. The summed E-state index contributed by atoms with van der Waals surface area (Å²) in [6, 6.07) is 22.8. The number of nitrogens with zero attached hydrogens (tertiary/aromatic N) is 1.